The van der Waals surface area contributed by atoms with E-state index in [4.69, 9.17) is 0 Å². The fraction of sp³-hybridized carbons (Fsp3) is 0.800. The highest BCUT2D eigenvalue weighted by atomic mass is 16.1. The van der Waals surface area contributed by atoms with Gasteiger partial charge in [-0.25, -0.2) is 0 Å². The Morgan fingerprint density at radius 2 is 2.50 bits per heavy atom. The van der Waals surface area contributed by atoms with Crippen molar-refractivity contribution in [2.24, 2.45) is 0 Å². The number of nitrogens with zero attached hydrogens (tertiary/aromatic N) is 1. The first-order valence-corrected chi connectivity index (χ1v) is 2.80. The second kappa shape index (κ2) is 2.67. The molecule has 45 valence electrons. The Morgan fingerprint density at radius 1 is 1.62 bits per heavy atom. The number of amides is 1. The van der Waals surface area contributed by atoms with Gasteiger partial charge in [0, 0.05) is 6.54 Å². The standard InChI is InChI=1S/C5H9N2O/c8-5-4-6-2-1-3-7-5/h6H,1-4H2. The number of nitrogens with one attached hydrogen (secondary N) is 1. The van der Waals surface area contributed by atoms with Crippen molar-refractivity contribution in [3.05, 3.63) is 0 Å². The quantitative estimate of drug-likeness (QED) is 0.443. The van der Waals surface area contributed by atoms with Gasteiger partial charge in [0.1, 0.15) is 0 Å². The fourth-order valence-corrected chi connectivity index (χ4v) is 0.659. The van der Waals surface area contributed by atoms with E-state index in [0.29, 0.717) is 13.1 Å². The molecular formula is C5H9N2O. The van der Waals surface area contributed by atoms with Crippen LogP contribution in [-0.2, 0) is 4.79 Å². The van der Waals surface area contributed by atoms with Gasteiger partial charge in [-0.2, -0.15) is 0 Å². The van der Waals surface area contributed by atoms with Crippen LogP contribution in [0.15, 0.2) is 0 Å². The van der Waals surface area contributed by atoms with Gasteiger partial charge in [0.2, 0.25) is 0 Å². The first-order chi connectivity index (χ1) is 3.89. The smallest absolute Gasteiger partial charge is 0.255 e. The molecule has 3 nitrogen and oxygen atoms in total. The molecule has 0 atom stereocenters. The maximum atomic E-state index is 10.5. The first kappa shape index (κ1) is 5.56. The molecule has 1 fully saturated rings. The molecule has 0 aromatic rings. The minimum atomic E-state index is -0.0116. The van der Waals surface area contributed by atoms with Crippen LogP contribution in [0.4, 0.5) is 0 Å². The molecule has 0 spiro atoms. The minimum Gasteiger partial charge on any atom is -0.308 e. The molecule has 0 aliphatic carbocycles. The average molecular weight is 113 g/mol. The van der Waals surface area contributed by atoms with E-state index in [9.17, 15) is 4.79 Å². The lowest BCUT2D eigenvalue weighted by molar-refractivity contribution is -0.120. The van der Waals surface area contributed by atoms with Crippen LogP contribution in [0, 0.1) is 0 Å². The summed E-state index contributed by atoms with van der Waals surface area (Å²) in [5.74, 6) is -0.0116. The summed E-state index contributed by atoms with van der Waals surface area (Å²) < 4.78 is 0. The Balaban J connectivity index is 2.27. The van der Waals surface area contributed by atoms with E-state index in [-0.39, 0.29) is 5.91 Å². The van der Waals surface area contributed by atoms with Crippen molar-refractivity contribution < 1.29 is 4.79 Å². The molecule has 8 heavy (non-hydrogen) atoms. The van der Waals surface area contributed by atoms with Gasteiger partial charge in [-0.05, 0) is 13.0 Å². The first-order valence-electron chi connectivity index (χ1n) is 2.80. The topological polar surface area (TPSA) is 43.2 Å². The van der Waals surface area contributed by atoms with Crippen molar-refractivity contribution in [1.29, 1.82) is 0 Å². The summed E-state index contributed by atoms with van der Waals surface area (Å²) in [5, 5.41) is 6.68. The summed E-state index contributed by atoms with van der Waals surface area (Å²) in [6.07, 6.45) is 0.992. The van der Waals surface area contributed by atoms with Gasteiger partial charge in [-0.15, -0.1) is 0 Å². The maximum Gasteiger partial charge on any atom is 0.255 e. The second-order valence-corrected chi connectivity index (χ2v) is 1.81. The van der Waals surface area contributed by atoms with Crippen molar-refractivity contribution in [2.75, 3.05) is 19.6 Å². The van der Waals surface area contributed by atoms with Crippen LogP contribution in [0.1, 0.15) is 6.42 Å². The molecule has 0 aromatic heterocycles. The zero-order chi connectivity index (χ0) is 5.82. The van der Waals surface area contributed by atoms with Crippen molar-refractivity contribution in [3.8, 4) is 0 Å². The summed E-state index contributed by atoms with van der Waals surface area (Å²) >= 11 is 0. The number of hydrogen-bond acceptors (Lipinski definition) is 2. The highest BCUT2D eigenvalue weighted by Crippen LogP contribution is 1.80. The third-order valence-electron chi connectivity index (χ3n) is 1.08. The van der Waals surface area contributed by atoms with Crippen LogP contribution in [-0.4, -0.2) is 25.5 Å². The van der Waals surface area contributed by atoms with Crippen LogP contribution in [0.5, 0.6) is 0 Å². The van der Waals surface area contributed by atoms with Crippen LogP contribution < -0.4 is 10.6 Å². The molecule has 1 aliphatic rings. The van der Waals surface area contributed by atoms with E-state index >= 15 is 0 Å². The van der Waals surface area contributed by atoms with E-state index in [1.54, 1.807) is 0 Å². The zero-order valence-corrected chi connectivity index (χ0v) is 4.68. The lowest BCUT2D eigenvalue weighted by Crippen LogP contribution is -2.24. The number of hydrogen-bond donors (Lipinski definition) is 1. The predicted molar refractivity (Wildman–Crippen MR) is 29.5 cm³/mol. The molecule has 0 saturated carbocycles. The Bertz CT molecular complexity index is 82.4. The molecule has 0 unspecified atom stereocenters. The average Bonchev–Trinajstić information content (AvgIpc) is 1.94. The number of carbonyl (C=O) groups excluding carboxylic acids is 1. The summed E-state index contributed by atoms with van der Waals surface area (Å²) in [6, 6.07) is 0. The molecule has 0 bridgehead atoms. The van der Waals surface area contributed by atoms with E-state index in [0.717, 1.165) is 13.0 Å². The minimum absolute atomic E-state index is 0.0116. The van der Waals surface area contributed by atoms with E-state index in [1.807, 2.05) is 0 Å². The summed E-state index contributed by atoms with van der Waals surface area (Å²) in [6.45, 7) is 2.06. The van der Waals surface area contributed by atoms with Crippen LogP contribution in [0.3, 0.4) is 0 Å². The second-order valence-electron chi connectivity index (χ2n) is 1.81. The van der Waals surface area contributed by atoms with Crippen molar-refractivity contribution >= 4 is 5.91 Å². The molecule has 1 radical (unpaired) electrons. The largest absolute Gasteiger partial charge is 0.308 e. The highest BCUT2D eigenvalue weighted by Gasteiger charge is 2.04. The number of rotatable bonds is 0. The predicted octanol–water partition coefficient (Wildman–Crippen LogP) is -0.889. The normalized spacial score (nSPS) is 21.8. The molecule has 0 aromatic carbocycles. The Labute approximate surface area is 48.5 Å². The molecule has 1 rings (SSSR count). The van der Waals surface area contributed by atoms with E-state index < -0.39 is 0 Å². The summed E-state index contributed by atoms with van der Waals surface area (Å²) in [5.41, 5.74) is 0. The molecular weight excluding hydrogens is 104 g/mol. The molecule has 3 heteroatoms. The van der Waals surface area contributed by atoms with E-state index in [1.165, 1.54) is 0 Å². The fourth-order valence-electron chi connectivity index (χ4n) is 0.659. The summed E-state index contributed by atoms with van der Waals surface area (Å²) in [7, 11) is 0. The van der Waals surface area contributed by atoms with Crippen molar-refractivity contribution in [1.82, 2.24) is 10.6 Å². The van der Waals surface area contributed by atoms with E-state index in [2.05, 4.69) is 10.6 Å². The van der Waals surface area contributed by atoms with Gasteiger partial charge < -0.3 is 5.32 Å². The summed E-state index contributed by atoms with van der Waals surface area (Å²) in [4.78, 5) is 10.5. The zero-order valence-electron chi connectivity index (χ0n) is 4.68. The Hall–Kier alpha value is -0.570. The number of carbonyl (C=O) groups is 1. The molecule has 1 heterocycles. The van der Waals surface area contributed by atoms with Gasteiger partial charge in [0.25, 0.3) is 5.91 Å². The van der Waals surface area contributed by atoms with Crippen LogP contribution in [0.2, 0.25) is 0 Å². The highest BCUT2D eigenvalue weighted by molar-refractivity contribution is 5.77. The molecule has 1 amide bonds. The Morgan fingerprint density at radius 3 is 3.38 bits per heavy atom. The monoisotopic (exact) mass is 113 g/mol. The van der Waals surface area contributed by atoms with Gasteiger partial charge in [-0.3, -0.25) is 10.1 Å². The Kier molecular flexibility index (Phi) is 1.86. The van der Waals surface area contributed by atoms with Gasteiger partial charge in [-0.1, -0.05) is 0 Å². The lowest BCUT2D eigenvalue weighted by atomic mass is 10.4. The van der Waals surface area contributed by atoms with Gasteiger partial charge >= 0.3 is 0 Å². The van der Waals surface area contributed by atoms with Crippen LogP contribution in [0.25, 0.3) is 0 Å². The van der Waals surface area contributed by atoms with Crippen molar-refractivity contribution in [3.63, 3.8) is 0 Å². The SMILES string of the molecule is O=C1CNCCC[N]1. The molecule has 1 N–H and O–H groups in total. The molecule has 1 aliphatic heterocycles. The third-order valence-corrected chi connectivity index (χ3v) is 1.08. The van der Waals surface area contributed by atoms with Crippen molar-refractivity contribution in [2.45, 2.75) is 6.42 Å². The van der Waals surface area contributed by atoms with Crippen LogP contribution >= 0.6 is 0 Å². The van der Waals surface area contributed by atoms with Gasteiger partial charge in [0.15, 0.2) is 0 Å². The maximum absolute atomic E-state index is 10.5. The third kappa shape index (κ3) is 1.50. The lowest BCUT2D eigenvalue weighted by Gasteiger charge is -1.90. The molecule has 1 saturated heterocycles. The van der Waals surface area contributed by atoms with Gasteiger partial charge in [0.05, 0.1) is 6.54 Å².